The Labute approximate surface area is 186 Å². The van der Waals surface area contributed by atoms with Gasteiger partial charge in [-0.1, -0.05) is 72.8 Å². The summed E-state index contributed by atoms with van der Waals surface area (Å²) in [4.78, 5) is 0. The molecule has 0 amide bonds. The van der Waals surface area contributed by atoms with Crippen LogP contribution in [-0.2, 0) is 5.41 Å². The van der Waals surface area contributed by atoms with Gasteiger partial charge in [0.1, 0.15) is 0 Å². The number of hydrogen-bond donors (Lipinski definition) is 0. The molecule has 0 radical (unpaired) electrons. The fourth-order valence-electron chi connectivity index (χ4n) is 4.43. The van der Waals surface area contributed by atoms with Gasteiger partial charge in [-0.15, -0.1) is 0 Å². The first kappa shape index (κ1) is 17.4. The van der Waals surface area contributed by atoms with Crippen molar-refractivity contribution < 1.29 is 0 Å². The van der Waals surface area contributed by atoms with E-state index < -0.39 is 0 Å². The SMILES string of the molecule is Ic1ccc2c(c1)C(c1ccccc1)(c1ccccc1)c1cc(I)ccc1-2. The van der Waals surface area contributed by atoms with Crippen LogP contribution in [-0.4, -0.2) is 0 Å². The highest BCUT2D eigenvalue weighted by Gasteiger charge is 2.46. The molecule has 1 aliphatic rings. The quantitative estimate of drug-likeness (QED) is 0.196. The summed E-state index contributed by atoms with van der Waals surface area (Å²) >= 11 is 4.87. The molecule has 0 N–H and O–H groups in total. The average molecular weight is 570 g/mol. The van der Waals surface area contributed by atoms with Crippen LogP contribution in [0.15, 0.2) is 97.1 Å². The van der Waals surface area contributed by atoms with Gasteiger partial charge in [-0.2, -0.15) is 0 Å². The Morgan fingerprint density at radius 1 is 0.481 bits per heavy atom. The molecule has 0 nitrogen and oxygen atoms in total. The maximum Gasteiger partial charge on any atom is 0.0714 e. The second kappa shape index (κ2) is 6.74. The number of fused-ring (bicyclic) bond motifs is 3. The Morgan fingerprint density at radius 3 is 1.30 bits per heavy atom. The molecule has 0 spiro atoms. The zero-order valence-electron chi connectivity index (χ0n) is 14.5. The highest BCUT2D eigenvalue weighted by Crippen LogP contribution is 2.56. The maximum atomic E-state index is 2.43. The third kappa shape index (κ3) is 2.60. The molecule has 4 aromatic carbocycles. The van der Waals surface area contributed by atoms with Gasteiger partial charge in [0.05, 0.1) is 5.41 Å². The normalized spacial score (nSPS) is 13.9. The molecule has 5 rings (SSSR count). The lowest BCUT2D eigenvalue weighted by molar-refractivity contribution is 0.767. The first-order chi connectivity index (χ1) is 13.2. The molecular formula is C25H16I2. The van der Waals surface area contributed by atoms with E-state index in [4.69, 9.17) is 0 Å². The van der Waals surface area contributed by atoms with Crippen LogP contribution >= 0.6 is 45.2 Å². The first-order valence-electron chi connectivity index (χ1n) is 8.93. The van der Waals surface area contributed by atoms with E-state index in [9.17, 15) is 0 Å². The summed E-state index contributed by atoms with van der Waals surface area (Å²) in [6, 6.07) is 35.6. The second-order valence-electron chi connectivity index (χ2n) is 6.86. The van der Waals surface area contributed by atoms with E-state index in [1.54, 1.807) is 0 Å². The molecule has 0 saturated heterocycles. The lowest BCUT2D eigenvalue weighted by Crippen LogP contribution is -2.28. The van der Waals surface area contributed by atoms with E-state index in [1.165, 1.54) is 40.5 Å². The molecule has 0 aliphatic heterocycles. The molecule has 0 bridgehead atoms. The van der Waals surface area contributed by atoms with Crippen molar-refractivity contribution in [3.05, 3.63) is 126 Å². The monoisotopic (exact) mass is 570 g/mol. The van der Waals surface area contributed by atoms with E-state index in [1.807, 2.05) is 0 Å². The van der Waals surface area contributed by atoms with E-state index in [0.29, 0.717) is 0 Å². The minimum absolute atomic E-state index is 0.282. The lowest BCUT2D eigenvalue weighted by atomic mass is 9.68. The molecule has 4 aromatic rings. The predicted octanol–water partition coefficient (Wildman–Crippen LogP) is 7.26. The lowest BCUT2D eigenvalue weighted by Gasteiger charge is -2.34. The molecule has 27 heavy (non-hydrogen) atoms. The van der Waals surface area contributed by atoms with Crippen LogP contribution in [0, 0.1) is 7.14 Å². The molecule has 2 heteroatoms. The molecule has 0 saturated carbocycles. The molecule has 0 unspecified atom stereocenters. The zero-order valence-corrected chi connectivity index (χ0v) is 18.8. The van der Waals surface area contributed by atoms with Gasteiger partial charge in [0, 0.05) is 7.14 Å². The fourth-order valence-corrected chi connectivity index (χ4v) is 5.42. The zero-order chi connectivity index (χ0) is 18.4. The predicted molar refractivity (Wildman–Crippen MR) is 129 cm³/mol. The molecule has 0 aromatic heterocycles. The van der Waals surface area contributed by atoms with Gasteiger partial charge < -0.3 is 0 Å². The van der Waals surface area contributed by atoms with Gasteiger partial charge in [-0.25, -0.2) is 0 Å². The van der Waals surface area contributed by atoms with Gasteiger partial charge in [0.25, 0.3) is 0 Å². The first-order valence-corrected chi connectivity index (χ1v) is 11.1. The third-order valence-electron chi connectivity index (χ3n) is 5.48. The summed E-state index contributed by atoms with van der Waals surface area (Å²) in [7, 11) is 0. The van der Waals surface area contributed by atoms with Gasteiger partial charge in [-0.05, 0) is 103 Å². The van der Waals surface area contributed by atoms with Crippen molar-refractivity contribution in [2.45, 2.75) is 5.41 Å². The Hall–Kier alpha value is -1.66. The van der Waals surface area contributed by atoms with E-state index >= 15 is 0 Å². The smallest absolute Gasteiger partial charge is 0.0622 e. The highest BCUT2D eigenvalue weighted by atomic mass is 127. The molecular weight excluding hydrogens is 554 g/mol. The largest absolute Gasteiger partial charge is 0.0714 e. The number of rotatable bonds is 2. The molecule has 0 atom stereocenters. The van der Waals surface area contributed by atoms with Crippen molar-refractivity contribution in [1.82, 2.24) is 0 Å². The van der Waals surface area contributed by atoms with Crippen LogP contribution in [0.1, 0.15) is 22.3 Å². The van der Waals surface area contributed by atoms with Crippen molar-refractivity contribution in [3.63, 3.8) is 0 Å². The van der Waals surface area contributed by atoms with E-state index in [-0.39, 0.29) is 5.41 Å². The van der Waals surface area contributed by atoms with Crippen molar-refractivity contribution in [2.24, 2.45) is 0 Å². The van der Waals surface area contributed by atoms with Crippen molar-refractivity contribution in [1.29, 1.82) is 0 Å². The maximum absolute atomic E-state index is 2.43. The van der Waals surface area contributed by atoms with E-state index in [0.717, 1.165) is 0 Å². The summed E-state index contributed by atoms with van der Waals surface area (Å²) in [5.41, 5.74) is 7.80. The standard InChI is InChI=1S/C25H16I2/c26-19-11-13-21-22-14-12-20(27)16-24(22)25(23(21)15-19,17-7-3-1-4-8-17)18-9-5-2-6-10-18/h1-16H. The summed E-state index contributed by atoms with van der Waals surface area (Å²) < 4.78 is 2.54. The van der Waals surface area contributed by atoms with Crippen molar-refractivity contribution in [3.8, 4) is 11.1 Å². The van der Waals surface area contributed by atoms with Crippen LogP contribution in [0.2, 0.25) is 0 Å². The van der Waals surface area contributed by atoms with Crippen LogP contribution in [0.3, 0.4) is 0 Å². The summed E-state index contributed by atoms with van der Waals surface area (Å²) in [6.45, 7) is 0. The number of benzene rings is 4. The number of hydrogen-bond acceptors (Lipinski definition) is 0. The summed E-state index contributed by atoms with van der Waals surface area (Å²) in [6.07, 6.45) is 0. The van der Waals surface area contributed by atoms with E-state index in [2.05, 4.69) is 142 Å². The Balaban J connectivity index is 2.00. The molecule has 0 fully saturated rings. The topological polar surface area (TPSA) is 0 Å². The fraction of sp³-hybridized carbons (Fsp3) is 0.0400. The minimum Gasteiger partial charge on any atom is -0.0622 e. The van der Waals surface area contributed by atoms with Gasteiger partial charge >= 0.3 is 0 Å². The third-order valence-corrected chi connectivity index (χ3v) is 6.82. The van der Waals surface area contributed by atoms with Gasteiger partial charge in [-0.3, -0.25) is 0 Å². The Kier molecular flexibility index (Phi) is 4.36. The summed E-state index contributed by atoms with van der Waals surface area (Å²) in [5.74, 6) is 0. The highest BCUT2D eigenvalue weighted by molar-refractivity contribution is 14.1. The van der Waals surface area contributed by atoms with Gasteiger partial charge in [0.15, 0.2) is 0 Å². The van der Waals surface area contributed by atoms with Crippen molar-refractivity contribution in [2.75, 3.05) is 0 Å². The number of halogens is 2. The average Bonchev–Trinajstić information content (AvgIpc) is 2.99. The second-order valence-corrected chi connectivity index (χ2v) is 9.35. The van der Waals surface area contributed by atoms with Crippen LogP contribution < -0.4 is 0 Å². The Bertz CT molecular complexity index is 1040. The minimum atomic E-state index is -0.282. The summed E-state index contributed by atoms with van der Waals surface area (Å²) in [5, 5.41) is 0. The Morgan fingerprint density at radius 2 is 0.889 bits per heavy atom. The van der Waals surface area contributed by atoms with Crippen molar-refractivity contribution >= 4 is 45.2 Å². The molecule has 1 aliphatic carbocycles. The van der Waals surface area contributed by atoms with Crippen LogP contribution in [0.25, 0.3) is 11.1 Å². The molecule has 0 heterocycles. The molecule has 130 valence electrons. The van der Waals surface area contributed by atoms with Gasteiger partial charge in [0.2, 0.25) is 0 Å². The van der Waals surface area contributed by atoms with Crippen LogP contribution in [0.5, 0.6) is 0 Å². The van der Waals surface area contributed by atoms with Crippen LogP contribution in [0.4, 0.5) is 0 Å².